The summed E-state index contributed by atoms with van der Waals surface area (Å²) < 4.78 is 0. The molecule has 5 nitrogen and oxygen atoms in total. The normalized spacial score (nSPS) is 16.0. The first-order chi connectivity index (χ1) is 5.27. The molecule has 0 aromatic carbocycles. The Kier molecular flexibility index (Phi) is 1.06. The number of H-pyrrole nitrogens is 1. The average Bonchev–Trinajstić information content (AvgIpc) is 2.36. The zero-order valence-electron chi connectivity index (χ0n) is 5.55. The van der Waals surface area contributed by atoms with Gasteiger partial charge in [0, 0.05) is 0 Å². The highest BCUT2D eigenvalue weighted by Crippen LogP contribution is 2.16. The number of Topliss-reactive ketones (excluding diaryl/α,β-unsaturated/α-hetero) is 1. The Morgan fingerprint density at radius 3 is 3.09 bits per heavy atom. The molecule has 2 N–H and O–H groups in total. The number of aromatic nitrogens is 2. The molecule has 0 unspecified atom stereocenters. The summed E-state index contributed by atoms with van der Waals surface area (Å²) in [6, 6.07) is 0. The maximum absolute atomic E-state index is 10.8. The van der Waals surface area contributed by atoms with Crippen LogP contribution in [0, 0.1) is 0 Å². The number of hydrogen-bond donors (Lipinski definition) is 2. The monoisotopic (exact) mass is 151 g/mol. The number of amides is 1. The number of rotatable bonds is 0. The van der Waals surface area contributed by atoms with Gasteiger partial charge in [0.25, 0.3) is 5.91 Å². The highest BCUT2D eigenvalue weighted by Gasteiger charge is 2.23. The molecule has 2 rings (SSSR count). The van der Waals surface area contributed by atoms with E-state index in [2.05, 4.69) is 15.5 Å². The van der Waals surface area contributed by atoms with Gasteiger partial charge in [-0.15, -0.1) is 0 Å². The third-order valence-electron chi connectivity index (χ3n) is 1.56. The summed E-state index contributed by atoms with van der Waals surface area (Å²) in [5.41, 5.74) is 1.28. The van der Waals surface area contributed by atoms with Crippen LogP contribution >= 0.6 is 0 Å². The van der Waals surface area contributed by atoms with Gasteiger partial charge in [-0.2, -0.15) is 5.10 Å². The highest BCUT2D eigenvalue weighted by atomic mass is 16.2. The van der Waals surface area contributed by atoms with Crippen LogP contribution in [0.1, 0.15) is 5.69 Å². The lowest BCUT2D eigenvalue weighted by Gasteiger charge is -2.08. The van der Waals surface area contributed by atoms with Crippen molar-refractivity contribution in [2.45, 2.75) is 6.42 Å². The van der Waals surface area contributed by atoms with E-state index in [1.165, 1.54) is 6.20 Å². The van der Waals surface area contributed by atoms with Crippen LogP contribution in [0.4, 0.5) is 5.69 Å². The Morgan fingerprint density at radius 2 is 2.27 bits per heavy atom. The lowest BCUT2D eigenvalue weighted by atomic mass is 10.1. The van der Waals surface area contributed by atoms with Crippen LogP contribution in [-0.2, 0) is 16.0 Å². The van der Waals surface area contributed by atoms with Gasteiger partial charge >= 0.3 is 0 Å². The van der Waals surface area contributed by atoms with E-state index in [4.69, 9.17) is 0 Å². The quantitative estimate of drug-likeness (QED) is 0.489. The molecular weight excluding hydrogens is 146 g/mol. The molecule has 0 saturated carbocycles. The SMILES string of the molecule is O=C1Cc2[nH]ncc2NC1=O. The van der Waals surface area contributed by atoms with Crippen LogP contribution in [0.15, 0.2) is 6.20 Å². The van der Waals surface area contributed by atoms with E-state index < -0.39 is 11.7 Å². The van der Waals surface area contributed by atoms with Gasteiger partial charge in [0.15, 0.2) is 0 Å². The molecule has 1 amide bonds. The van der Waals surface area contributed by atoms with E-state index in [-0.39, 0.29) is 6.42 Å². The largest absolute Gasteiger partial charge is 0.316 e. The predicted molar refractivity (Wildman–Crippen MR) is 35.9 cm³/mol. The zero-order valence-corrected chi connectivity index (χ0v) is 5.55. The number of hydrogen-bond acceptors (Lipinski definition) is 3. The molecule has 0 atom stereocenters. The number of nitrogens with one attached hydrogen (secondary N) is 2. The van der Waals surface area contributed by atoms with Crippen molar-refractivity contribution in [2.24, 2.45) is 0 Å². The van der Waals surface area contributed by atoms with Crippen LogP contribution in [0.5, 0.6) is 0 Å². The molecule has 11 heavy (non-hydrogen) atoms. The fourth-order valence-electron chi connectivity index (χ4n) is 0.988. The first-order valence-electron chi connectivity index (χ1n) is 3.14. The molecule has 0 bridgehead atoms. The van der Waals surface area contributed by atoms with E-state index in [1.54, 1.807) is 0 Å². The summed E-state index contributed by atoms with van der Waals surface area (Å²) in [6.45, 7) is 0. The van der Waals surface area contributed by atoms with Crippen molar-refractivity contribution in [1.82, 2.24) is 10.2 Å². The lowest BCUT2D eigenvalue weighted by molar-refractivity contribution is -0.134. The predicted octanol–water partition coefficient (Wildman–Crippen LogP) is -0.527. The first-order valence-corrected chi connectivity index (χ1v) is 3.14. The van der Waals surface area contributed by atoms with Crippen molar-refractivity contribution in [3.8, 4) is 0 Å². The van der Waals surface area contributed by atoms with E-state index in [0.717, 1.165) is 0 Å². The highest BCUT2D eigenvalue weighted by molar-refractivity contribution is 6.42. The standard InChI is InChI=1S/C6H5N3O2/c10-5-1-3-4(2-7-9-3)8-6(5)11/h2H,1H2,(H,7,9)(H,8,11). The molecule has 0 spiro atoms. The fourth-order valence-corrected chi connectivity index (χ4v) is 0.988. The Morgan fingerprint density at radius 1 is 1.45 bits per heavy atom. The van der Waals surface area contributed by atoms with Gasteiger partial charge in [0.2, 0.25) is 5.78 Å². The Hall–Kier alpha value is -1.65. The van der Waals surface area contributed by atoms with Crippen molar-refractivity contribution in [2.75, 3.05) is 5.32 Å². The van der Waals surface area contributed by atoms with Gasteiger partial charge in [-0.1, -0.05) is 0 Å². The lowest BCUT2D eigenvalue weighted by Crippen LogP contribution is -2.29. The average molecular weight is 151 g/mol. The molecule has 1 aliphatic rings. The molecule has 1 aromatic rings. The summed E-state index contributed by atoms with van der Waals surface area (Å²) in [7, 11) is 0. The van der Waals surface area contributed by atoms with Crippen molar-refractivity contribution in [3.63, 3.8) is 0 Å². The van der Waals surface area contributed by atoms with Gasteiger partial charge in [0.05, 0.1) is 24.0 Å². The van der Waals surface area contributed by atoms with Crippen LogP contribution in [-0.4, -0.2) is 21.9 Å². The third-order valence-corrected chi connectivity index (χ3v) is 1.56. The summed E-state index contributed by atoms with van der Waals surface area (Å²) in [5, 5.41) is 8.71. The van der Waals surface area contributed by atoms with Crippen LogP contribution in [0.25, 0.3) is 0 Å². The van der Waals surface area contributed by atoms with Crippen molar-refractivity contribution < 1.29 is 9.59 Å². The summed E-state index contributed by atoms with van der Waals surface area (Å²) in [4.78, 5) is 21.5. The van der Waals surface area contributed by atoms with Gasteiger partial charge < -0.3 is 5.32 Å². The summed E-state index contributed by atoms with van der Waals surface area (Å²) in [6.07, 6.45) is 1.61. The first kappa shape index (κ1) is 6.09. The number of carbonyl (C=O) groups excluding carboxylic acids is 2. The number of nitrogens with zero attached hydrogens (tertiary/aromatic N) is 1. The minimum Gasteiger partial charge on any atom is -0.316 e. The van der Waals surface area contributed by atoms with Crippen LogP contribution in [0.2, 0.25) is 0 Å². The van der Waals surface area contributed by atoms with Gasteiger partial charge in [-0.3, -0.25) is 14.7 Å². The smallest absolute Gasteiger partial charge is 0.292 e. The summed E-state index contributed by atoms with van der Waals surface area (Å²) in [5.74, 6) is -0.986. The maximum atomic E-state index is 10.8. The molecular formula is C6H5N3O2. The third kappa shape index (κ3) is 0.813. The topological polar surface area (TPSA) is 74.8 Å². The van der Waals surface area contributed by atoms with Crippen molar-refractivity contribution in [3.05, 3.63) is 11.9 Å². The molecule has 1 aromatic heterocycles. The molecule has 0 saturated heterocycles. The van der Waals surface area contributed by atoms with Crippen LogP contribution in [0.3, 0.4) is 0 Å². The summed E-state index contributed by atoms with van der Waals surface area (Å²) >= 11 is 0. The Balaban J connectivity index is 2.45. The molecule has 0 fully saturated rings. The Labute approximate surface area is 61.8 Å². The van der Waals surface area contributed by atoms with Crippen molar-refractivity contribution in [1.29, 1.82) is 0 Å². The number of carbonyl (C=O) groups is 2. The van der Waals surface area contributed by atoms with Gasteiger partial charge in [-0.25, -0.2) is 0 Å². The van der Waals surface area contributed by atoms with Gasteiger partial charge in [0.1, 0.15) is 0 Å². The van der Waals surface area contributed by atoms with E-state index in [1.807, 2.05) is 0 Å². The molecule has 5 heteroatoms. The minimum absolute atomic E-state index is 0.126. The second-order valence-electron chi connectivity index (χ2n) is 2.32. The maximum Gasteiger partial charge on any atom is 0.292 e. The van der Waals surface area contributed by atoms with E-state index in [0.29, 0.717) is 11.4 Å². The number of aromatic amines is 1. The molecule has 0 radical (unpaired) electrons. The van der Waals surface area contributed by atoms with Gasteiger partial charge in [-0.05, 0) is 0 Å². The number of anilines is 1. The minimum atomic E-state index is -0.557. The van der Waals surface area contributed by atoms with Crippen LogP contribution < -0.4 is 5.32 Å². The second-order valence-corrected chi connectivity index (χ2v) is 2.32. The fraction of sp³-hybridized carbons (Fsp3) is 0.167. The van der Waals surface area contributed by atoms with Crippen molar-refractivity contribution >= 4 is 17.4 Å². The number of fused-ring (bicyclic) bond motifs is 1. The molecule has 56 valence electrons. The molecule has 0 aliphatic carbocycles. The van der Waals surface area contributed by atoms with E-state index >= 15 is 0 Å². The zero-order chi connectivity index (χ0) is 7.84. The molecule has 1 aliphatic heterocycles. The Bertz CT molecular complexity index is 298. The number of ketones is 1. The second kappa shape index (κ2) is 1.91. The van der Waals surface area contributed by atoms with E-state index in [9.17, 15) is 9.59 Å². The molecule has 2 heterocycles.